The van der Waals surface area contributed by atoms with Gasteiger partial charge >= 0.3 is 0 Å². The van der Waals surface area contributed by atoms with Gasteiger partial charge in [0.2, 0.25) is 0 Å². The molecule has 2 aromatic rings. The van der Waals surface area contributed by atoms with Crippen molar-refractivity contribution < 1.29 is 13.9 Å². The van der Waals surface area contributed by atoms with Crippen LogP contribution in [-0.4, -0.2) is 66.6 Å². The first kappa shape index (κ1) is 21.6. The van der Waals surface area contributed by atoms with Crippen LogP contribution in [-0.2, 0) is 4.74 Å². The first-order valence-corrected chi connectivity index (χ1v) is 11.9. The third-order valence-corrected chi connectivity index (χ3v) is 7.48. The zero-order valence-electron chi connectivity index (χ0n) is 17.0. The number of likely N-dealkylation sites (tertiary alicyclic amines) is 1. The van der Waals surface area contributed by atoms with Gasteiger partial charge < -0.3 is 14.5 Å². The van der Waals surface area contributed by atoms with E-state index in [9.17, 15) is 9.18 Å². The Labute approximate surface area is 188 Å². The number of alkyl halides is 1. The summed E-state index contributed by atoms with van der Waals surface area (Å²) in [6.45, 7) is 4.30. The predicted molar refractivity (Wildman–Crippen MR) is 119 cm³/mol. The molecule has 1 saturated heterocycles. The second kappa shape index (κ2) is 9.70. The smallest absolute Gasteiger partial charge is 0.263 e. The molecule has 9 heteroatoms. The van der Waals surface area contributed by atoms with E-state index in [4.69, 9.17) is 4.74 Å². The van der Waals surface area contributed by atoms with Gasteiger partial charge in [0.1, 0.15) is 11.3 Å². The van der Waals surface area contributed by atoms with Gasteiger partial charge in [-0.3, -0.25) is 4.79 Å². The number of halogens is 2. The van der Waals surface area contributed by atoms with Gasteiger partial charge in [0, 0.05) is 36.5 Å². The molecule has 0 bridgehead atoms. The number of hydrogen-bond acceptors (Lipinski definition) is 6. The lowest BCUT2D eigenvalue weighted by molar-refractivity contribution is 0.0783. The number of nitrogens with zero attached hydrogens (tertiary/aromatic N) is 4. The van der Waals surface area contributed by atoms with Crippen molar-refractivity contribution in [2.75, 3.05) is 44.4 Å². The number of carbonyl (C=O) groups excluding carboxylic acids is 1. The van der Waals surface area contributed by atoms with E-state index in [0.717, 1.165) is 41.5 Å². The summed E-state index contributed by atoms with van der Waals surface area (Å²) in [6.07, 6.45) is 2.14. The van der Waals surface area contributed by atoms with E-state index >= 15 is 0 Å². The third-order valence-electron chi connectivity index (χ3n) is 6.07. The number of thiophene rings is 1. The van der Waals surface area contributed by atoms with E-state index in [2.05, 4.69) is 31.0 Å². The molecule has 1 aliphatic heterocycles. The Bertz CT molecular complexity index is 865. The molecule has 30 heavy (non-hydrogen) atoms. The van der Waals surface area contributed by atoms with Crippen molar-refractivity contribution in [1.82, 2.24) is 15.1 Å². The van der Waals surface area contributed by atoms with Crippen molar-refractivity contribution in [3.63, 3.8) is 0 Å². The molecule has 3 atom stereocenters. The number of anilines is 1. The Morgan fingerprint density at radius 3 is 2.83 bits per heavy atom. The minimum atomic E-state index is -0.481. The molecule has 2 aromatic heterocycles. The quantitative estimate of drug-likeness (QED) is 0.517. The molecule has 0 N–H and O–H groups in total. The van der Waals surface area contributed by atoms with Gasteiger partial charge in [-0.15, -0.1) is 21.5 Å². The van der Waals surface area contributed by atoms with Crippen molar-refractivity contribution in [2.45, 2.75) is 25.8 Å². The van der Waals surface area contributed by atoms with Crippen LogP contribution in [0.4, 0.5) is 10.2 Å². The zero-order chi connectivity index (χ0) is 21.1. The Hall–Kier alpha value is -1.58. The Balaban J connectivity index is 1.48. The van der Waals surface area contributed by atoms with Crippen LogP contribution < -0.4 is 4.90 Å². The van der Waals surface area contributed by atoms with E-state index in [1.54, 1.807) is 11.3 Å². The monoisotopic (exact) mass is 496 g/mol. The fraction of sp³-hybridized carbons (Fsp3) is 0.571. The van der Waals surface area contributed by atoms with Crippen LogP contribution in [0.1, 0.15) is 27.4 Å². The van der Waals surface area contributed by atoms with Crippen molar-refractivity contribution in [3.05, 3.63) is 38.6 Å². The molecular weight excluding hydrogens is 471 g/mol. The van der Waals surface area contributed by atoms with Gasteiger partial charge in [-0.1, -0.05) is 0 Å². The number of ether oxygens (including phenoxy) is 1. The number of rotatable bonds is 8. The number of hydrogen-bond donors (Lipinski definition) is 0. The molecular formula is C21H26BrFN4O2S. The van der Waals surface area contributed by atoms with Crippen LogP contribution in [0.15, 0.2) is 28.9 Å². The summed E-state index contributed by atoms with van der Waals surface area (Å²) in [5.74, 6) is 1.83. The van der Waals surface area contributed by atoms with Crippen LogP contribution in [0, 0.1) is 18.8 Å². The zero-order valence-corrected chi connectivity index (χ0v) is 19.4. The lowest BCUT2D eigenvalue weighted by Gasteiger charge is -2.33. The topological polar surface area (TPSA) is 58.6 Å². The predicted octanol–water partition coefficient (Wildman–Crippen LogP) is 3.95. The summed E-state index contributed by atoms with van der Waals surface area (Å²) in [5, 5.41) is 8.51. The van der Waals surface area contributed by atoms with Gasteiger partial charge in [0.25, 0.3) is 5.91 Å². The summed E-state index contributed by atoms with van der Waals surface area (Å²) in [4.78, 5) is 19.2. The van der Waals surface area contributed by atoms with Crippen LogP contribution >= 0.6 is 27.3 Å². The van der Waals surface area contributed by atoms with E-state index < -0.39 is 6.67 Å². The number of fused-ring (bicyclic) bond motifs is 1. The van der Waals surface area contributed by atoms with Crippen molar-refractivity contribution in [2.24, 2.45) is 11.8 Å². The average molecular weight is 497 g/mol. The fourth-order valence-electron chi connectivity index (χ4n) is 4.73. The highest BCUT2D eigenvalue weighted by atomic mass is 79.9. The second-order valence-electron chi connectivity index (χ2n) is 7.90. The third kappa shape index (κ3) is 4.68. The van der Waals surface area contributed by atoms with Crippen molar-refractivity contribution in [3.8, 4) is 0 Å². The molecule has 6 nitrogen and oxygen atoms in total. The molecule has 3 heterocycles. The maximum absolute atomic E-state index is 13.0. The molecule has 1 aliphatic carbocycles. The molecule has 162 valence electrons. The molecule has 0 unspecified atom stereocenters. The fourth-order valence-corrected chi connectivity index (χ4v) is 5.77. The molecule has 0 spiro atoms. The molecule has 0 aromatic carbocycles. The first-order chi connectivity index (χ1) is 14.6. The standard InChI is InChI=1S/C21H26BrFN4O2S/c1-14-2-5-18(30-14)21(28)26-12-15-3-4-17(16(15)13-26)27(9-11-29-10-8-23)20-7-6-19(22)24-25-20/h2,5-7,15-17H,3-4,8-13H2,1H3/t15-,16+,17+/m0/s1. The lowest BCUT2D eigenvalue weighted by Crippen LogP contribution is -2.43. The summed E-state index contributed by atoms with van der Waals surface area (Å²) < 4.78 is 18.5. The van der Waals surface area contributed by atoms with E-state index in [0.29, 0.717) is 29.6 Å². The molecule has 4 rings (SSSR count). The van der Waals surface area contributed by atoms with Gasteiger partial charge in [0.15, 0.2) is 5.82 Å². The Morgan fingerprint density at radius 1 is 1.27 bits per heavy atom. The van der Waals surface area contributed by atoms with Crippen LogP contribution in [0.25, 0.3) is 0 Å². The highest BCUT2D eigenvalue weighted by Crippen LogP contribution is 2.42. The average Bonchev–Trinajstić information content (AvgIpc) is 3.45. The second-order valence-corrected chi connectivity index (χ2v) is 10.00. The summed E-state index contributed by atoms with van der Waals surface area (Å²) >= 11 is 4.90. The van der Waals surface area contributed by atoms with E-state index in [1.807, 2.05) is 36.1 Å². The lowest BCUT2D eigenvalue weighted by atomic mass is 9.96. The maximum Gasteiger partial charge on any atom is 0.263 e. The Morgan fingerprint density at radius 2 is 2.13 bits per heavy atom. The largest absolute Gasteiger partial charge is 0.377 e. The first-order valence-electron chi connectivity index (χ1n) is 10.3. The van der Waals surface area contributed by atoms with Gasteiger partial charge in [-0.25, -0.2) is 4.39 Å². The van der Waals surface area contributed by atoms with E-state index in [1.165, 1.54) is 0 Å². The molecule has 2 aliphatic rings. The number of aromatic nitrogens is 2. The minimum Gasteiger partial charge on any atom is -0.377 e. The molecule has 1 amide bonds. The normalized spacial score (nSPS) is 23.0. The number of amides is 1. The number of carbonyl (C=O) groups is 1. The highest BCUT2D eigenvalue weighted by molar-refractivity contribution is 9.10. The minimum absolute atomic E-state index is 0.110. The SMILES string of the molecule is Cc1ccc(C(=O)N2C[C@@H]3CC[C@@H](N(CCOCCF)c4ccc(Br)nn4)[C@@H]3C2)s1. The summed E-state index contributed by atoms with van der Waals surface area (Å²) in [7, 11) is 0. The Kier molecular flexibility index (Phi) is 7.00. The molecule has 1 saturated carbocycles. The van der Waals surface area contributed by atoms with Gasteiger partial charge in [-0.05, 0) is 65.9 Å². The van der Waals surface area contributed by atoms with Crippen molar-refractivity contribution in [1.29, 1.82) is 0 Å². The van der Waals surface area contributed by atoms with Crippen LogP contribution in [0.3, 0.4) is 0 Å². The number of aryl methyl sites for hydroxylation is 1. The summed E-state index contributed by atoms with van der Waals surface area (Å²) in [6, 6.07) is 8.03. The van der Waals surface area contributed by atoms with Crippen LogP contribution in [0.2, 0.25) is 0 Å². The van der Waals surface area contributed by atoms with Crippen molar-refractivity contribution >= 4 is 39.0 Å². The van der Waals surface area contributed by atoms with Gasteiger partial charge in [0.05, 0.1) is 18.1 Å². The molecule has 0 radical (unpaired) electrons. The highest BCUT2D eigenvalue weighted by Gasteiger charge is 2.46. The van der Waals surface area contributed by atoms with Crippen LogP contribution in [0.5, 0.6) is 0 Å². The molecule has 2 fully saturated rings. The van der Waals surface area contributed by atoms with Gasteiger partial charge in [-0.2, -0.15) is 0 Å². The maximum atomic E-state index is 13.0. The summed E-state index contributed by atoms with van der Waals surface area (Å²) in [5.41, 5.74) is 0. The van der Waals surface area contributed by atoms with E-state index in [-0.39, 0.29) is 18.6 Å².